The smallest absolute Gasteiger partial charge is 0.278 e. The zero-order valence-electron chi connectivity index (χ0n) is 7.96. The lowest BCUT2D eigenvalue weighted by Crippen LogP contribution is -2.27. The molecule has 1 aromatic rings. The maximum absolute atomic E-state index is 11.3. The summed E-state index contributed by atoms with van der Waals surface area (Å²) in [6.07, 6.45) is 1.44. The molecule has 0 saturated heterocycles. The number of rotatable bonds is 3. The third-order valence-electron chi connectivity index (χ3n) is 1.49. The average molecular weight is 183 g/mol. The number of hydrogen-bond donors (Lipinski definition) is 1. The summed E-state index contributed by atoms with van der Waals surface area (Å²) >= 11 is 0. The minimum absolute atomic E-state index is 0.0313. The van der Waals surface area contributed by atoms with Gasteiger partial charge in [0.2, 0.25) is 0 Å². The lowest BCUT2D eigenvalue weighted by Gasteiger charge is -2.07. The highest BCUT2D eigenvalue weighted by Gasteiger charge is 2.11. The second kappa shape index (κ2) is 4.09. The van der Waals surface area contributed by atoms with Gasteiger partial charge in [-0.05, 0) is 26.8 Å². The summed E-state index contributed by atoms with van der Waals surface area (Å²) in [5.41, 5.74) is 2.83. The number of nitrogens with one attached hydrogen (secondary N) is 1. The molecular formula is C9H13NO3. The standard InChI is InChI=1S/C9H13NO3/c1-6(2)13-10-9(11)8-4-5-12-7(8)3/h4-6H,1-3H3,(H,10,11). The zero-order valence-corrected chi connectivity index (χ0v) is 7.96. The number of carbonyl (C=O) groups excluding carboxylic acids is 1. The van der Waals surface area contributed by atoms with Gasteiger partial charge >= 0.3 is 0 Å². The minimum atomic E-state index is -0.278. The van der Waals surface area contributed by atoms with Crippen LogP contribution in [-0.4, -0.2) is 12.0 Å². The van der Waals surface area contributed by atoms with E-state index < -0.39 is 0 Å². The predicted octanol–water partition coefficient (Wildman–Crippen LogP) is 1.66. The molecule has 1 N–H and O–H groups in total. The molecule has 0 aromatic carbocycles. The van der Waals surface area contributed by atoms with Gasteiger partial charge in [0, 0.05) is 0 Å². The predicted molar refractivity (Wildman–Crippen MR) is 47.1 cm³/mol. The van der Waals surface area contributed by atoms with Crippen LogP contribution in [0.2, 0.25) is 0 Å². The first-order valence-electron chi connectivity index (χ1n) is 4.11. The van der Waals surface area contributed by atoms with Crippen molar-refractivity contribution in [2.24, 2.45) is 0 Å². The number of hydroxylamine groups is 1. The lowest BCUT2D eigenvalue weighted by atomic mass is 10.2. The van der Waals surface area contributed by atoms with Gasteiger partial charge in [-0.2, -0.15) is 0 Å². The number of hydrogen-bond acceptors (Lipinski definition) is 3. The normalized spacial score (nSPS) is 10.5. The molecule has 0 radical (unpaired) electrons. The molecule has 0 bridgehead atoms. The molecule has 1 amide bonds. The topological polar surface area (TPSA) is 51.5 Å². The SMILES string of the molecule is Cc1occc1C(=O)NOC(C)C. The second-order valence-corrected chi connectivity index (χ2v) is 2.99. The monoisotopic (exact) mass is 183 g/mol. The van der Waals surface area contributed by atoms with Gasteiger partial charge < -0.3 is 4.42 Å². The van der Waals surface area contributed by atoms with Gasteiger partial charge in [0.15, 0.2) is 0 Å². The van der Waals surface area contributed by atoms with E-state index in [1.807, 2.05) is 13.8 Å². The quantitative estimate of drug-likeness (QED) is 0.725. The molecule has 1 rings (SSSR count). The molecule has 0 aliphatic heterocycles. The van der Waals surface area contributed by atoms with Crippen molar-refractivity contribution in [2.45, 2.75) is 26.9 Å². The number of amides is 1. The van der Waals surface area contributed by atoms with Crippen LogP contribution in [0.1, 0.15) is 30.0 Å². The van der Waals surface area contributed by atoms with E-state index in [0.717, 1.165) is 0 Å². The summed E-state index contributed by atoms with van der Waals surface area (Å²) in [5, 5.41) is 0. The fraction of sp³-hybridized carbons (Fsp3) is 0.444. The van der Waals surface area contributed by atoms with Crippen LogP contribution in [0.25, 0.3) is 0 Å². The number of aryl methyl sites for hydroxylation is 1. The van der Waals surface area contributed by atoms with Crippen LogP contribution in [0.3, 0.4) is 0 Å². The lowest BCUT2D eigenvalue weighted by molar-refractivity contribution is 0.0000913. The van der Waals surface area contributed by atoms with Crippen molar-refractivity contribution in [3.8, 4) is 0 Å². The number of furan rings is 1. The highest BCUT2D eigenvalue weighted by molar-refractivity contribution is 5.94. The van der Waals surface area contributed by atoms with Gasteiger partial charge in [-0.3, -0.25) is 9.63 Å². The molecule has 0 atom stereocenters. The summed E-state index contributed by atoms with van der Waals surface area (Å²) < 4.78 is 4.98. The third-order valence-corrected chi connectivity index (χ3v) is 1.49. The molecule has 1 heterocycles. The van der Waals surface area contributed by atoms with E-state index in [9.17, 15) is 4.79 Å². The first-order chi connectivity index (χ1) is 6.11. The van der Waals surface area contributed by atoms with E-state index in [0.29, 0.717) is 11.3 Å². The molecular weight excluding hydrogens is 170 g/mol. The van der Waals surface area contributed by atoms with E-state index in [2.05, 4.69) is 5.48 Å². The highest BCUT2D eigenvalue weighted by Crippen LogP contribution is 2.07. The third kappa shape index (κ3) is 2.59. The maximum atomic E-state index is 11.3. The summed E-state index contributed by atoms with van der Waals surface area (Å²) in [7, 11) is 0. The molecule has 4 nitrogen and oxygen atoms in total. The minimum Gasteiger partial charge on any atom is -0.469 e. The summed E-state index contributed by atoms with van der Waals surface area (Å²) in [6.45, 7) is 5.40. The van der Waals surface area contributed by atoms with Crippen molar-refractivity contribution in [2.75, 3.05) is 0 Å². The van der Waals surface area contributed by atoms with E-state index in [1.165, 1.54) is 6.26 Å². The van der Waals surface area contributed by atoms with Gasteiger partial charge in [0.1, 0.15) is 5.76 Å². The molecule has 72 valence electrons. The van der Waals surface area contributed by atoms with Gasteiger partial charge in [0.05, 0.1) is 17.9 Å². The Labute approximate surface area is 76.8 Å². The van der Waals surface area contributed by atoms with E-state index in [1.54, 1.807) is 13.0 Å². The molecule has 0 aliphatic rings. The highest BCUT2D eigenvalue weighted by atomic mass is 16.7. The van der Waals surface area contributed by atoms with Crippen LogP contribution in [-0.2, 0) is 4.84 Å². The van der Waals surface area contributed by atoms with Crippen LogP contribution in [0.4, 0.5) is 0 Å². The Morgan fingerprint density at radius 3 is 2.77 bits per heavy atom. The van der Waals surface area contributed by atoms with Gasteiger partial charge in [-0.25, -0.2) is 5.48 Å². The van der Waals surface area contributed by atoms with Crippen molar-refractivity contribution >= 4 is 5.91 Å². The van der Waals surface area contributed by atoms with Gasteiger partial charge in [0.25, 0.3) is 5.91 Å². The van der Waals surface area contributed by atoms with Crippen LogP contribution in [0, 0.1) is 6.92 Å². The Morgan fingerprint density at radius 1 is 1.62 bits per heavy atom. The Morgan fingerprint density at radius 2 is 2.31 bits per heavy atom. The Kier molecular flexibility index (Phi) is 3.08. The van der Waals surface area contributed by atoms with Crippen molar-refractivity contribution < 1.29 is 14.0 Å². The first kappa shape index (κ1) is 9.80. The molecule has 0 saturated carbocycles. The van der Waals surface area contributed by atoms with Crippen molar-refractivity contribution in [3.63, 3.8) is 0 Å². The molecule has 4 heteroatoms. The molecule has 0 spiro atoms. The fourth-order valence-electron chi connectivity index (χ4n) is 0.847. The van der Waals surface area contributed by atoms with Crippen LogP contribution >= 0.6 is 0 Å². The fourth-order valence-corrected chi connectivity index (χ4v) is 0.847. The maximum Gasteiger partial charge on any atom is 0.278 e. The van der Waals surface area contributed by atoms with Crippen LogP contribution in [0.15, 0.2) is 16.7 Å². The average Bonchev–Trinajstić information content (AvgIpc) is 2.47. The Hall–Kier alpha value is -1.29. The molecule has 1 aromatic heterocycles. The zero-order chi connectivity index (χ0) is 9.84. The van der Waals surface area contributed by atoms with Crippen LogP contribution < -0.4 is 5.48 Å². The molecule has 0 unspecified atom stereocenters. The van der Waals surface area contributed by atoms with E-state index >= 15 is 0 Å². The Balaban J connectivity index is 2.54. The van der Waals surface area contributed by atoms with Crippen LogP contribution in [0.5, 0.6) is 0 Å². The first-order valence-corrected chi connectivity index (χ1v) is 4.11. The molecule has 0 fully saturated rings. The number of carbonyl (C=O) groups is 1. The largest absolute Gasteiger partial charge is 0.469 e. The Bertz CT molecular complexity index is 291. The second-order valence-electron chi connectivity index (χ2n) is 2.99. The van der Waals surface area contributed by atoms with Gasteiger partial charge in [-0.15, -0.1) is 0 Å². The van der Waals surface area contributed by atoms with Crippen molar-refractivity contribution in [3.05, 3.63) is 23.7 Å². The van der Waals surface area contributed by atoms with Crippen molar-refractivity contribution in [1.29, 1.82) is 0 Å². The molecule has 0 aliphatic carbocycles. The van der Waals surface area contributed by atoms with E-state index in [4.69, 9.17) is 9.25 Å². The summed E-state index contributed by atoms with van der Waals surface area (Å²) in [4.78, 5) is 16.3. The van der Waals surface area contributed by atoms with Gasteiger partial charge in [-0.1, -0.05) is 0 Å². The summed E-state index contributed by atoms with van der Waals surface area (Å²) in [6, 6.07) is 1.61. The molecule has 13 heavy (non-hydrogen) atoms. The van der Waals surface area contributed by atoms with Crippen molar-refractivity contribution in [1.82, 2.24) is 5.48 Å². The van der Waals surface area contributed by atoms with E-state index in [-0.39, 0.29) is 12.0 Å². The summed E-state index contributed by atoms with van der Waals surface area (Å²) in [5.74, 6) is 0.310.